The molecule has 0 saturated heterocycles. The molecule has 0 unspecified atom stereocenters. The molecular formula is C12H12BrClN4. The highest BCUT2D eigenvalue weighted by molar-refractivity contribution is 9.10. The average molecular weight is 328 g/mol. The molecule has 0 aliphatic rings. The van der Waals surface area contributed by atoms with Crippen molar-refractivity contribution in [3.63, 3.8) is 0 Å². The molecule has 1 aromatic carbocycles. The topological polar surface area (TPSA) is 45.1 Å². The van der Waals surface area contributed by atoms with E-state index < -0.39 is 0 Å². The van der Waals surface area contributed by atoms with Crippen LogP contribution in [0, 0.1) is 0 Å². The summed E-state index contributed by atoms with van der Waals surface area (Å²) in [6.07, 6.45) is 0.919. The van der Waals surface area contributed by atoms with Crippen LogP contribution in [0.5, 0.6) is 0 Å². The van der Waals surface area contributed by atoms with Crippen molar-refractivity contribution in [2.24, 2.45) is 0 Å². The molecule has 3 rings (SSSR count). The van der Waals surface area contributed by atoms with E-state index >= 15 is 0 Å². The number of nitrogens with one attached hydrogen (secondary N) is 2. The molecule has 4 nitrogen and oxygen atoms in total. The Hall–Kier alpha value is -1.04. The Bertz CT molecular complexity index is 716. The normalized spacial score (nSPS) is 11.7. The number of aromatic nitrogens is 3. The first-order chi connectivity index (χ1) is 8.72. The van der Waals surface area contributed by atoms with E-state index in [0.29, 0.717) is 5.02 Å². The monoisotopic (exact) mass is 326 g/mol. The highest BCUT2D eigenvalue weighted by Crippen LogP contribution is 2.28. The molecule has 0 atom stereocenters. The van der Waals surface area contributed by atoms with Crippen molar-refractivity contribution in [2.75, 3.05) is 13.6 Å². The second-order valence-electron chi connectivity index (χ2n) is 4.13. The fourth-order valence-corrected chi connectivity index (χ4v) is 2.95. The van der Waals surface area contributed by atoms with Gasteiger partial charge in [0.2, 0.25) is 5.78 Å². The Morgan fingerprint density at radius 1 is 1.50 bits per heavy atom. The van der Waals surface area contributed by atoms with Crippen LogP contribution in [-0.4, -0.2) is 28.0 Å². The van der Waals surface area contributed by atoms with Crippen molar-refractivity contribution in [3.8, 4) is 0 Å². The maximum Gasteiger partial charge on any atom is 0.213 e. The maximum atomic E-state index is 6.15. The summed E-state index contributed by atoms with van der Waals surface area (Å²) in [5.41, 5.74) is 2.97. The van der Waals surface area contributed by atoms with Crippen molar-refractivity contribution in [1.82, 2.24) is 19.7 Å². The number of para-hydroxylation sites is 1. The summed E-state index contributed by atoms with van der Waals surface area (Å²) < 4.78 is 3.06. The molecule has 0 aliphatic carbocycles. The van der Waals surface area contributed by atoms with Crippen LogP contribution in [0.2, 0.25) is 5.02 Å². The molecule has 2 aromatic heterocycles. The maximum absolute atomic E-state index is 6.15. The van der Waals surface area contributed by atoms with Crippen LogP contribution in [0.15, 0.2) is 22.8 Å². The molecule has 3 aromatic rings. The van der Waals surface area contributed by atoms with E-state index in [0.717, 1.165) is 40.1 Å². The van der Waals surface area contributed by atoms with Crippen LogP contribution < -0.4 is 5.32 Å². The van der Waals surface area contributed by atoms with Gasteiger partial charge < -0.3 is 10.3 Å². The summed E-state index contributed by atoms with van der Waals surface area (Å²) in [7, 11) is 1.94. The Labute approximate surface area is 117 Å². The number of hydrogen-bond donors (Lipinski definition) is 2. The Kier molecular flexibility index (Phi) is 3.05. The van der Waals surface area contributed by atoms with Crippen LogP contribution >= 0.6 is 27.5 Å². The highest BCUT2D eigenvalue weighted by atomic mass is 79.9. The van der Waals surface area contributed by atoms with Crippen LogP contribution in [-0.2, 0) is 6.42 Å². The predicted octanol–water partition coefficient (Wildman–Crippen LogP) is 2.99. The Balaban J connectivity index is 2.24. The van der Waals surface area contributed by atoms with Crippen molar-refractivity contribution < 1.29 is 0 Å². The van der Waals surface area contributed by atoms with E-state index in [1.807, 2.05) is 29.6 Å². The van der Waals surface area contributed by atoms with Gasteiger partial charge in [0.05, 0.1) is 16.2 Å². The number of imidazole rings is 2. The summed E-state index contributed by atoms with van der Waals surface area (Å²) in [5.74, 6) is 0.816. The minimum Gasteiger partial charge on any atom is -0.326 e. The predicted molar refractivity (Wildman–Crippen MR) is 77.4 cm³/mol. The van der Waals surface area contributed by atoms with E-state index in [4.69, 9.17) is 11.6 Å². The average Bonchev–Trinajstić information content (AvgIpc) is 2.86. The van der Waals surface area contributed by atoms with Gasteiger partial charge in [-0.05, 0) is 35.1 Å². The zero-order chi connectivity index (χ0) is 12.7. The molecule has 94 valence electrons. The Morgan fingerprint density at radius 2 is 2.33 bits per heavy atom. The van der Waals surface area contributed by atoms with Crippen molar-refractivity contribution in [2.45, 2.75) is 6.42 Å². The number of halogens is 2. The molecule has 18 heavy (non-hydrogen) atoms. The lowest BCUT2D eigenvalue weighted by Crippen LogP contribution is -2.10. The van der Waals surface area contributed by atoms with Crippen LogP contribution in [0.3, 0.4) is 0 Å². The van der Waals surface area contributed by atoms with Crippen molar-refractivity contribution in [3.05, 3.63) is 33.5 Å². The molecule has 0 amide bonds. The van der Waals surface area contributed by atoms with Gasteiger partial charge in [-0.2, -0.15) is 0 Å². The zero-order valence-corrected chi connectivity index (χ0v) is 12.1. The van der Waals surface area contributed by atoms with Gasteiger partial charge >= 0.3 is 0 Å². The van der Waals surface area contributed by atoms with E-state index in [-0.39, 0.29) is 0 Å². The van der Waals surface area contributed by atoms with Gasteiger partial charge in [-0.25, -0.2) is 4.98 Å². The first-order valence-corrected chi connectivity index (χ1v) is 6.87. The SMILES string of the molecule is CNCCc1[nH]c2nc3c(Cl)cccc3n2c1Br. The lowest BCUT2D eigenvalue weighted by Gasteiger charge is -1.99. The first kappa shape index (κ1) is 12.0. The van der Waals surface area contributed by atoms with E-state index in [1.54, 1.807) is 0 Å². The van der Waals surface area contributed by atoms with E-state index in [9.17, 15) is 0 Å². The number of aromatic amines is 1. The number of benzene rings is 1. The van der Waals surface area contributed by atoms with Crippen LogP contribution in [0.1, 0.15) is 5.69 Å². The number of hydrogen-bond acceptors (Lipinski definition) is 2. The van der Waals surface area contributed by atoms with E-state index in [2.05, 4.69) is 31.2 Å². The molecule has 2 heterocycles. The minimum atomic E-state index is 0.674. The molecule has 0 spiro atoms. The summed E-state index contributed by atoms with van der Waals surface area (Å²) in [5, 5.41) is 3.81. The fraction of sp³-hybridized carbons (Fsp3) is 0.250. The quantitative estimate of drug-likeness (QED) is 0.777. The summed E-state index contributed by atoms with van der Waals surface area (Å²) in [6, 6.07) is 5.80. The third-order valence-corrected chi connectivity index (χ3v) is 4.11. The lowest BCUT2D eigenvalue weighted by molar-refractivity contribution is 0.777. The number of rotatable bonds is 3. The second-order valence-corrected chi connectivity index (χ2v) is 5.28. The number of nitrogens with zero attached hydrogens (tertiary/aromatic N) is 2. The molecule has 0 aliphatic heterocycles. The molecule has 0 saturated carbocycles. The summed E-state index contributed by atoms with van der Waals surface area (Å²) in [6.45, 7) is 0.918. The number of likely N-dealkylation sites (N-methyl/N-ethyl adjacent to an activating group) is 1. The smallest absolute Gasteiger partial charge is 0.213 e. The van der Waals surface area contributed by atoms with Crippen LogP contribution in [0.25, 0.3) is 16.8 Å². The third kappa shape index (κ3) is 1.74. The highest BCUT2D eigenvalue weighted by Gasteiger charge is 2.14. The zero-order valence-electron chi connectivity index (χ0n) is 9.80. The number of H-pyrrole nitrogens is 1. The standard InChI is InChI=1S/C12H12BrClN4/c1-15-6-5-8-11(13)18-9-4-2-3-7(14)10(9)17-12(18)16-8/h2-4,15H,5-6H2,1H3,(H,16,17). The summed E-state index contributed by atoms with van der Waals surface area (Å²) >= 11 is 9.77. The second kappa shape index (κ2) is 4.57. The first-order valence-electron chi connectivity index (χ1n) is 5.70. The van der Waals surface area contributed by atoms with Crippen LogP contribution in [0.4, 0.5) is 0 Å². The van der Waals surface area contributed by atoms with Gasteiger partial charge in [0, 0.05) is 13.0 Å². The van der Waals surface area contributed by atoms with Crippen molar-refractivity contribution >= 4 is 44.3 Å². The molecule has 6 heteroatoms. The number of fused-ring (bicyclic) bond motifs is 3. The van der Waals surface area contributed by atoms with Gasteiger partial charge in [-0.15, -0.1) is 0 Å². The van der Waals surface area contributed by atoms with Gasteiger partial charge in [-0.1, -0.05) is 17.7 Å². The largest absolute Gasteiger partial charge is 0.326 e. The minimum absolute atomic E-state index is 0.674. The van der Waals surface area contributed by atoms with Gasteiger partial charge in [0.25, 0.3) is 0 Å². The molecule has 0 fully saturated rings. The van der Waals surface area contributed by atoms with Gasteiger partial charge in [0.1, 0.15) is 10.1 Å². The molecule has 0 bridgehead atoms. The molecular weight excluding hydrogens is 316 g/mol. The molecule has 0 radical (unpaired) electrons. The molecule has 2 N–H and O–H groups in total. The fourth-order valence-electron chi connectivity index (χ4n) is 2.08. The summed E-state index contributed by atoms with van der Waals surface area (Å²) in [4.78, 5) is 7.85. The van der Waals surface area contributed by atoms with Gasteiger partial charge in [0.15, 0.2) is 0 Å². The lowest BCUT2D eigenvalue weighted by atomic mass is 10.3. The van der Waals surface area contributed by atoms with Crippen molar-refractivity contribution in [1.29, 1.82) is 0 Å². The third-order valence-electron chi connectivity index (χ3n) is 2.97. The van der Waals surface area contributed by atoms with E-state index in [1.165, 1.54) is 0 Å². The van der Waals surface area contributed by atoms with Gasteiger partial charge in [-0.3, -0.25) is 4.40 Å². The Morgan fingerprint density at radius 3 is 3.11 bits per heavy atom.